The van der Waals surface area contributed by atoms with E-state index in [0.717, 1.165) is 4.90 Å². The lowest BCUT2D eigenvalue weighted by atomic mass is 9.91. The van der Waals surface area contributed by atoms with E-state index in [1.165, 1.54) is 0 Å². The Morgan fingerprint density at radius 2 is 1.93 bits per heavy atom. The highest BCUT2D eigenvalue weighted by atomic mass is 16.7. The number of para-hydroxylation sites is 1. The van der Waals surface area contributed by atoms with Gasteiger partial charge < -0.3 is 24.8 Å². The van der Waals surface area contributed by atoms with Crippen molar-refractivity contribution in [2.24, 2.45) is 0 Å². The van der Waals surface area contributed by atoms with Crippen LogP contribution in [-0.4, -0.2) is 49.2 Å². The van der Waals surface area contributed by atoms with Gasteiger partial charge in [0.05, 0.1) is 6.54 Å². The number of ether oxygens (including phenoxy) is 3. The first kappa shape index (κ1) is 19.6. The van der Waals surface area contributed by atoms with Crippen LogP contribution in [0.3, 0.4) is 0 Å². The lowest BCUT2D eigenvalue weighted by Gasteiger charge is -2.22. The number of fused-ring (bicyclic) bond motifs is 1. The number of hydrogen-bond donors (Lipinski definition) is 2. The second-order valence-electron chi connectivity index (χ2n) is 7.03. The SMILES string of the molecule is C[C@@]1(c2ccc3c(c2)OCO3)NC(=O)N(CC(=O)NCCOc2ccccc2)C1=O. The number of amides is 4. The van der Waals surface area contributed by atoms with E-state index in [-0.39, 0.29) is 26.5 Å². The highest BCUT2D eigenvalue weighted by molar-refractivity contribution is 6.09. The van der Waals surface area contributed by atoms with Crippen LogP contribution in [0.2, 0.25) is 0 Å². The van der Waals surface area contributed by atoms with Crippen LogP contribution >= 0.6 is 0 Å². The van der Waals surface area contributed by atoms with Crippen LogP contribution < -0.4 is 24.8 Å². The average molecular weight is 411 g/mol. The molecular formula is C21H21N3O6. The van der Waals surface area contributed by atoms with Crippen LogP contribution in [0.25, 0.3) is 0 Å². The van der Waals surface area contributed by atoms with E-state index in [1.54, 1.807) is 25.1 Å². The van der Waals surface area contributed by atoms with E-state index >= 15 is 0 Å². The van der Waals surface area contributed by atoms with Crippen molar-refractivity contribution >= 4 is 17.8 Å². The van der Waals surface area contributed by atoms with Crippen molar-refractivity contribution in [3.05, 3.63) is 54.1 Å². The molecule has 9 nitrogen and oxygen atoms in total. The summed E-state index contributed by atoms with van der Waals surface area (Å²) in [4.78, 5) is 38.5. The van der Waals surface area contributed by atoms with Crippen molar-refractivity contribution in [1.82, 2.24) is 15.5 Å². The molecule has 2 heterocycles. The van der Waals surface area contributed by atoms with Gasteiger partial charge >= 0.3 is 6.03 Å². The fourth-order valence-electron chi connectivity index (χ4n) is 3.32. The molecule has 4 amide bonds. The van der Waals surface area contributed by atoms with Crippen molar-refractivity contribution in [2.75, 3.05) is 26.5 Å². The maximum Gasteiger partial charge on any atom is 0.325 e. The van der Waals surface area contributed by atoms with Crippen LogP contribution in [0.5, 0.6) is 17.2 Å². The molecule has 2 aliphatic heterocycles. The molecule has 156 valence electrons. The van der Waals surface area contributed by atoms with Gasteiger partial charge in [-0.1, -0.05) is 24.3 Å². The smallest absolute Gasteiger partial charge is 0.325 e. The van der Waals surface area contributed by atoms with Crippen molar-refractivity contribution in [3.8, 4) is 17.2 Å². The molecule has 0 aliphatic carbocycles. The van der Waals surface area contributed by atoms with Gasteiger partial charge in [0.2, 0.25) is 12.7 Å². The first-order valence-corrected chi connectivity index (χ1v) is 9.46. The predicted octanol–water partition coefficient (Wildman–Crippen LogP) is 1.38. The van der Waals surface area contributed by atoms with Crippen LogP contribution in [0.15, 0.2) is 48.5 Å². The molecule has 0 saturated carbocycles. The molecule has 0 spiro atoms. The Hall–Kier alpha value is -3.75. The van der Waals surface area contributed by atoms with Crippen molar-refractivity contribution < 1.29 is 28.6 Å². The zero-order valence-electron chi connectivity index (χ0n) is 16.3. The molecule has 0 unspecified atom stereocenters. The van der Waals surface area contributed by atoms with E-state index < -0.39 is 23.4 Å². The Balaban J connectivity index is 1.34. The van der Waals surface area contributed by atoms with Crippen LogP contribution in [-0.2, 0) is 15.1 Å². The van der Waals surface area contributed by atoms with Gasteiger partial charge in [-0.25, -0.2) is 4.79 Å². The summed E-state index contributed by atoms with van der Waals surface area (Å²) in [5, 5.41) is 5.32. The second-order valence-corrected chi connectivity index (χ2v) is 7.03. The molecule has 1 fully saturated rings. The van der Waals surface area contributed by atoms with Gasteiger partial charge in [0.1, 0.15) is 24.4 Å². The Labute approximate surface area is 172 Å². The standard InChI is InChI=1S/C21H21N3O6/c1-21(14-7-8-16-17(11-14)30-13-29-16)19(26)24(20(27)23-21)12-18(25)22-9-10-28-15-5-3-2-4-6-15/h2-8,11H,9-10,12-13H2,1H3,(H,22,25)(H,23,27)/t21-/m0/s1. The molecule has 30 heavy (non-hydrogen) atoms. The molecule has 4 rings (SSSR count). The lowest BCUT2D eigenvalue weighted by Crippen LogP contribution is -2.43. The molecule has 0 bridgehead atoms. The lowest BCUT2D eigenvalue weighted by molar-refractivity contribution is -0.134. The van der Waals surface area contributed by atoms with Crippen LogP contribution in [0.1, 0.15) is 12.5 Å². The second kappa shape index (κ2) is 7.94. The summed E-state index contributed by atoms with van der Waals surface area (Å²) in [5.41, 5.74) is -0.751. The molecule has 0 aromatic heterocycles. The summed E-state index contributed by atoms with van der Waals surface area (Å²) in [6.45, 7) is 1.84. The Morgan fingerprint density at radius 1 is 1.17 bits per heavy atom. The van der Waals surface area contributed by atoms with E-state index in [0.29, 0.717) is 22.8 Å². The summed E-state index contributed by atoms with van der Waals surface area (Å²) in [6, 6.07) is 13.6. The number of imide groups is 1. The highest BCUT2D eigenvalue weighted by Gasteiger charge is 2.49. The third-order valence-corrected chi connectivity index (χ3v) is 4.96. The van der Waals surface area contributed by atoms with Gasteiger partial charge in [-0.2, -0.15) is 0 Å². The number of nitrogens with zero attached hydrogens (tertiary/aromatic N) is 1. The molecule has 2 aliphatic rings. The van der Waals surface area contributed by atoms with E-state index in [4.69, 9.17) is 14.2 Å². The number of carbonyl (C=O) groups is 3. The number of rotatable bonds is 7. The summed E-state index contributed by atoms with van der Waals surface area (Å²) >= 11 is 0. The van der Waals surface area contributed by atoms with E-state index in [2.05, 4.69) is 10.6 Å². The van der Waals surface area contributed by atoms with Gasteiger partial charge in [0.15, 0.2) is 11.5 Å². The predicted molar refractivity (Wildman–Crippen MR) is 105 cm³/mol. The zero-order valence-corrected chi connectivity index (χ0v) is 16.3. The average Bonchev–Trinajstić information content (AvgIpc) is 3.30. The molecular weight excluding hydrogens is 390 g/mol. The summed E-state index contributed by atoms with van der Waals surface area (Å²) in [7, 11) is 0. The number of nitrogens with one attached hydrogen (secondary N) is 2. The Morgan fingerprint density at radius 3 is 2.73 bits per heavy atom. The number of benzene rings is 2. The first-order chi connectivity index (χ1) is 14.5. The molecule has 1 saturated heterocycles. The fraction of sp³-hybridized carbons (Fsp3) is 0.286. The van der Waals surface area contributed by atoms with Crippen molar-refractivity contribution in [3.63, 3.8) is 0 Å². The molecule has 1 atom stereocenters. The van der Waals surface area contributed by atoms with Gasteiger partial charge in [-0.3, -0.25) is 14.5 Å². The number of hydrogen-bond acceptors (Lipinski definition) is 6. The summed E-state index contributed by atoms with van der Waals surface area (Å²) < 4.78 is 16.1. The largest absolute Gasteiger partial charge is 0.492 e. The number of urea groups is 1. The summed E-state index contributed by atoms with van der Waals surface area (Å²) in [5.74, 6) is 0.811. The summed E-state index contributed by atoms with van der Waals surface area (Å²) in [6.07, 6.45) is 0. The molecule has 0 radical (unpaired) electrons. The Kier molecular flexibility index (Phi) is 5.18. The Bertz CT molecular complexity index is 980. The minimum atomic E-state index is -1.30. The maximum atomic E-state index is 13.0. The van der Waals surface area contributed by atoms with Crippen molar-refractivity contribution in [2.45, 2.75) is 12.5 Å². The maximum absolute atomic E-state index is 13.0. The minimum absolute atomic E-state index is 0.107. The number of carbonyl (C=O) groups excluding carboxylic acids is 3. The van der Waals surface area contributed by atoms with Gasteiger partial charge in [0.25, 0.3) is 5.91 Å². The van der Waals surface area contributed by atoms with Gasteiger partial charge in [-0.05, 0) is 36.8 Å². The quantitative estimate of drug-likeness (QED) is 0.527. The van der Waals surface area contributed by atoms with Gasteiger partial charge in [0, 0.05) is 0 Å². The van der Waals surface area contributed by atoms with Crippen LogP contribution in [0.4, 0.5) is 4.79 Å². The van der Waals surface area contributed by atoms with E-state index in [9.17, 15) is 14.4 Å². The molecule has 9 heteroatoms. The van der Waals surface area contributed by atoms with Crippen molar-refractivity contribution in [1.29, 1.82) is 0 Å². The topological polar surface area (TPSA) is 106 Å². The zero-order chi connectivity index (χ0) is 21.1. The molecule has 2 aromatic carbocycles. The van der Waals surface area contributed by atoms with E-state index in [1.807, 2.05) is 30.3 Å². The fourth-order valence-corrected chi connectivity index (χ4v) is 3.32. The van der Waals surface area contributed by atoms with Gasteiger partial charge in [-0.15, -0.1) is 0 Å². The third-order valence-electron chi connectivity index (χ3n) is 4.96. The molecule has 2 N–H and O–H groups in total. The highest BCUT2D eigenvalue weighted by Crippen LogP contribution is 2.37. The normalized spacial score (nSPS) is 19.6. The first-order valence-electron chi connectivity index (χ1n) is 9.46. The monoisotopic (exact) mass is 411 g/mol. The minimum Gasteiger partial charge on any atom is -0.492 e. The van der Waals surface area contributed by atoms with Crippen LogP contribution in [0, 0.1) is 0 Å². The third kappa shape index (κ3) is 3.73. The molecule has 2 aromatic rings.